The second-order valence-electron chi connectivity index (χ2n) is 4.20. The molecule has 17 heavy (non-hydrogen) atoms. The van der Waals surface area contributed by atoms with E-state index in [2.05, 4.69) is 4.98 Å². The second kappa shape index (κ2) is 8.20. The zero-order chi connectivity index (χ0) is 11.2. The van der Waals surface area contributed by atoms with Gasteiger partial charge in [0.1, 0.15) is 5.03 Å². The Balaban J connectivity index is 0.00000144. The first kappa shape index (κ1) is 15.1. The standard InChI is InChI=1S/C12H17ClN2S.ClH/c13-11-5-4-6-14-12(11)16-10-9-15-7-2-1-3-8-15;/h4-6H,1-3,7-10H2;1H. The summed E-state index contributed by atoms with van der Waals surface area (Å²) in [6, 6.07) is 3.78. The number of hydrogen-bond acceptors (Lipinski definition) is 2. The van der Waals surface area contributed by atoms with Crippen LogP contribution in [0.1, 0.15) is 19.3 Å². The Morgan fingerprint density at radius 1 is 1.29 bits per heavy atom. The molecule has 2 nitrogen and oxygen atoms in total. The first-order valence-corrected chi connectivity index (χ1v) is 7.29. The van der Waals surface area contributed by atoms with Crippen molar-refractivity contribution in [2.75, 3.05) is 25.4 Å². The van der Waals surface area contributed by atoms with Crippen molar-refractivity contribution in [2.45, 2.75) is 24.3 Å². The number of aromatic nitrogens is 1. The van der Waals surface area contributed by atoms with Gasteiger partial charge in [-0.25, -0.2) is 4.98 Å². The van der Waals surface area contributed by atoms with E-state index in [1.807, 2.05) is 18.3 Å². The summed E-state index contributed by atoms with van der Waals surface area (Å²) in [5.74, 6) is 1.12. The SMILES string of the molecule is Clc1cccnc1SCC[NH+]1CCCCC1.[Cl-]. The zero-order valence-corrected chi connectivity index (χ0v) is 12.1. The minimum Gasteiger partial charge on any atom is -1.00 e. The second-order valence-corrected chi connectivity index (χ2v) is 5.69. The van der Waals surface area contributed by atoms with E-state index in [1.165, 1.54) is 38.9 Å². The lowest BCUT2D eigenvalue weighted by Gasteiger charge is -2.23. The molecule has 0 aromatic carbocycles. The predicted molar refractivity (Wildman–Crippen MR) is 69.4 cm³/mol. The van der Waals surface area contributed by atoms with E-state index in [0.29, 0.717) is 0 Å². The molecule has 0 bridgehead atoms. The van der Waals surface area contributed by atoms with Crippen LogP contribution in [0.2, 0.25) is 5.02 Å². The van der Waals surface area contributed by atoms with Crippen molar-refractivity contribution >= 4 is 23.4 Å². The molecule has 0 unspecified atom stereocenters. The van der Waals surface area contributed by atoms with Gasteiger partial charge in [0.25, 0.3) is 0 Å². The van der Waals surface area contributed by atoms with Crippen molar-refractivity contribution in [3.63, 3.8) is 0 Å². The van der Waals surface area contributed by atoms with Gasteiger partial charge in [-0.05, 0) is 31.4 Å². The van der Waals surface area contributed by atoms with E-state index >= 15 is 0 Å². The maximum atomic E-state index is 6.06. The molecule has 96 valence electrons. The van der Waals surface area contributed by atoms with Gasteiger partial charge < -0.3 is 17.3 Å². The molecule has 0 saturated carbocycles. The first-order chi connectivity index (χ1) is 7.86. The summed E-state index contributed by atoms with van der Waals surface area (Å²) < 4.78 is 0. The van der Waals surface area contributed by atoms with Crippen LogP contribution in [0.4, 0.5) is 0 Å². The molecule has 0 radical (unpaired) electrons. The Hall–Kier alpha value is 0.0400. The Morgan fingerprint density at radius 2 is 2.06 bits per heavy atom. The van der Waals surface area contributed by atoms with Crippen LogP contribution in [0.5, 0.6) is 0 Å². The van der Waals surface area contributed by atoms with E-state index in [-0.39, 0.29) is 12.4 Å². The molecule has 1 N–H and O–H groups in total. The number of pyridine rings is 1. The normalized spacial score (nSPS) is 16.5. The lowest BCUT2D eigenvalue weighted by Crippen LogP contribution is -3.13. The Morgan fingerprint density at radius 3 is 2.76 bits per heavy atom. The van der Waals surface area contributed by atoms with Gasteiger partial charge in [0, 0.05) is 11.9 Å². The number of nitrogens with zero attached hydrogens (tertiary/aromatic N) is 1. The maximum Gasteiger partial charge on any atom is 0.115 e. The van der Waals surface area contributed by atoms with Gasteiger partial charge in [-0.2, -0.15) is 0 Å². The number of piperidine rings is 1. The molecular formula is C12H18Cl2N2S. The van der Waals surface area contributed by atoms with Gasteiger partial charge in [0.2, 0.25) is 0 Å². The van der Waals surface area contributed by atoms with Gasteiger partial charge in [-0.15, -0.1) is 0 Å². The summed E-state index contributed by atoms with van der Waals surface area (Å²) in [5, 5.41) is 1.75. The van der Waals surface area contributed by atoms with Crippen molar-refractivity contribution in [1.29, 1.82) is 0 Å². The van der Waals surface area contributed by atoms with E-state index in [9.17, 15) is 0 Å². The Bertz CT molecular complexity index is 330. The molecule has 1 aliphatic heterocycles. The van der Waals surface area contributed by atoms with Gasteiger partial charge in [-0.3, -0.25) is 0 Å². The van der Waals surface area contributed by atoms with E-state index < -0.39 is 0 Å². The summed E-state index contributed by atoms with van der Waals surface area (Å²) in [6.45, 7) is 3.92. The van der Waals surface area contributed by atoms with E-state index in [0.717, 1.165) is 15.8 Å². The fourth-order valence-electron chi connectivity index (χ4n) is 2.07. The van der Waals surface area contributed by atoms with Crippen molar-refractivity contribution < 1.29 is 17.3 Å². The van der Waals surface area contributed by atoms with E-state index in [4.69, 9.17) is 11.6 Å². The molecule has 1 aliphatic rings. The molecule has 0 aliphatic carbocycles. The molecule has 1 aromatic heterocycles. The molecule has 0 amide bonds. The van der Waals surface area contributed by atoms with Crippen LogP contribution < -0.4 is 17.3 Å². The third-order valence-corrected chi connectivity index (χ3v) is 4.40. The smallest absolute Gasteiger partial charge is 0.115 e. The molecule has 0 spiro atoms. The average Bonchev–Trinajstić information content (AvgIpc) is 2.33. The quantitative estimate of drug-likeness (QED) is 0.710. The Labute approximate surface area is 119 Å². The number of likely N-dealkylation sites (tertiary alicyclic amines) is 1. The monoisotopic (exact) mass is 292 g/mol. The highest BCUT2D eigenvalue weighted by molar-refractivity contribution is 7.99. The Kier molecular flexibility index (Phi) is 7.28. The molecule has 2 rings (SSSR count). The summed E-state index contributed by atoms with van der Waals surface area (Å²) in [6.07, 6.45) is 6.01. The van der Waals surface area contributed by atoms with Gasteiger partial charge >= 0.3 is 0 Å². The van der Waals surface area contributed by atoms with Crippen LogP contribution in [-0.2, 0) is 0 Å². The number of hydrogen-bond donors (Lipinski definition) is 1. The number of quaternary nitrogens is 1. The van der Waals surface area contributed by atoms with E-state index in [1.54, 1.807) is 16.7 Å². The predicted octanol–water partition coefficient (Wildman–Crippen LogP) is -1.10. The molecule has 1 aromatic rings. The molecule has 1 saturated heterocycles. The fraction of sp³-hybridized carbons (Fsp3) is 0.583. The number of nitrogens with one attached hydrogen (secondary N) is 1. The zero-order valence-electron chi connectivity index (χ0n) is 9.79. The van der Waals surface area contributed by atoms with Crippen molar-refractivity contribution in [2.24, 2.45) is 0 Å². The molecular weight excluding hydrogens is 275 g/mol. The fourth-order valence-corrected chi connectivity index (χ4v) is 3.28. The largest absolute Gasteiger partial charge is 1.00 e. The highest BCUT2D eigenvalue weighted by Gasteiger charge is 2.13. The lowest BCUT2D eigenvalue weighted by atomic mass is 10.1. The number of thioether (sulfide) groups is 1. The maximum absolute atomic E-state index is 6.06. The third kappa shape index (κ3) is 5.04. The summed E-state index contributed by atoms with van der Waals surface area (Å²) in [7, 11) is 0. The molecule has 1 fully saturated rings. The van der Waals surface area contributed by atoms with Gasteiger partial charge in [0.15, 0.2) is 0 Å². The topological polar surface area (TPSA) is 17.3 Å². The highest BCUT2D eigenvalue weighted by atomic mass is 35.5. The van der Waals surface area contributed by atoms with Crippen LogP contribution in [0.15, 0.2) is 23.4 Å². The lowest BCUT2D eigenvalue weighted by molar-refractivity contribution is -0.902. The van der Waals surface area contributed by atoms with Crippen LogP contribution in [0, 0.1) is 0 Å². The minimum absolute atomic E-state index is 0. The molecule has 2 heterocycles. The van der Waals surface area contributed by atoms with Crippen molar-refractivity contribution in [3.8, 4) is 0 Å². The molecule has 0 atom stereocenters. The first-order valence-electron chi connectivity index (χ1n) is 5.93. The number of rotatable bonds is 4. The molecule has 5 heteroatoms. The average molecular weight is 293 g/mol. The minimum atomic E-state index is 0. The third-order valence-electron chi connectivity index (χ3n) is 2.98. The van der Waals surface area contributed by atoms with Crippen molar-refractivity contribution in [1.82, 2.24) is 4.98 Å². The van der Waals surface area contributed by atoms with Gasteiger partial charge in [0.05, 0.1) is 24.7 Å². The highest BCUT2D eigenvalue weighted by Crippen LogP contribution is 2.23. The van der Waals surface area contributed by atoms with Crippen LogP contribution in [0.25, 0.3) is 0 Å². The van der Waals surface area contributed by atoms with Crippen LogP contribution in [-0.4, -0.2) is 30.4 Å². The van der Waals surface area contributed by atoms with Crippen molar-refractivity contribution in [3.05, 3.63) is 23.4 Å². The van der Waals surface area contributed by atoms with Crippen LogP contribution >= 0.6 is 23.4 Å². The van der Waals surface area contributed by atoms with Gasteiger partial charge in [-0.1, -0.05) is 23.4 Å². The number of halogens is 2. The summed E-state index contributed by atoms with van der Waals surface area (Å²) in [5.41, 5.74) is 0. The summed E-state index contributed by atoms with van der Waals surface area (Å²) >= 11 is 7.83. The van der Waals surface area contributed by atoms with Crippen LogP contribution in [0.3, 0.4) is 0 Å². The summed E-state index contributed by atoms with van der Waals surface area (Å²) in [4.78, 5) is 6.02.